The van der Waals surface area contributed by atoms with Crippen LogP contribution >= 0.6 is 22.6 Å². The molecule has 1 heterocycles. The molecule has 138 valence electrons. The highest BCUT2D eigenvalue weighted by Crippen LogP contribution is 2.40. The minimum atomic E-state index is -4.47. The van der Waals surface area contributed by atoms with Gasteiger partial charge in [-0.15, -0.1) is 0 Å². The van der Waals surface area contributed by atoms with Gasteiger partial charge in [-0.3, -0.25) is 0 Å². The van der Waals surface area contributed by atoms with Crippen molar-refractivity contribution in [2.24, 2.45) is 7.05 Å². The molecule has 0 N–H and O–H groups in total. The fraction of sp³-hybridized carbons (Fsp3) is 0.278. The van der Waals surface area contributed by atoms with Crippen molar-refractivity contribution in [3.8, 4) is 0 Å². The summed E-state index contributed by atoms with van der Waals surface area (Å²) in [7, 11) is 1.72. The van der Waals surface area contributed by atoms with Crippen LogP contribution in [0.1, 0.15) is 29.3 Å². The first-order valence-corrected chi connectivity index (χ1v) is 8.79. The molecule has 1 atom stereocenters. The number of aromatic nitrogens is 2. The van der Waals surface area contributed by atoms with Crippen molar-refractivity contribution in [2.45, 2.75) is 22.4 Å². The number of fused-ring (bicyclic) bond motifs is 1. The lowest BCUT2D eigenvalue weighted by atomic mass is 9.94. The third kappa shape index (κ3) is 3.99. The Hall–Kier alpha value is -1.71. The number of hydrogen-bond donors (Lipinski definition) is 0. The van der Waals surface area contributed by atoms with Gasteiger partial charge in [0.2, 0.25) is 0 Å². The molecule has 0 saturated carbocycles. The molecule has 0 amide bonds. The van der Waals surface area contributed by atoms with Crippen molar-refractivity contribution >= 4 is 33.6 Å². The van der Waals surface area contributed by atoms with E-state index in [-0.39, 0.29) is 0 Å². The maximum atomic E-state index is 13.8. The molecule has 0 aliphatic carbocycles. The highest BCUT2D eigenvalue weighted by Gasteiger charge is 2.34. The number of halogens is 6. The van der Waals surface area contributed by atoms with Crippen LogP contribution in [0.25, 0.3) is 11.0 Å². The van der Waals surface area contributed by atoms with Crippen LogP contribution in [0.5, 0.6) is 0 Å². The molecule has 2 nitrogen and oxygen atoms in total. The number of benzene rings is 2. The summed E-state index contributed by atoms with van der Waals surface area (Å²) in [6.45, 7) is 0. The summed E-state index contributed by atoms with van der Waals surface area (Å²) in [6.07, 6.45) is -5.03. The van der Waals surface area contributed by atoms with E-state index in [0.29, 0.717) is 16.9 Å². The number of hydrogen-bond acceptors (Lipinski definition) is 1. The Balaban J connectivity index is 2.09. The minimum absolute atomic E-state index is 0.368. The van der Waals surface area contributed by atoms with Crippen LogP contribution in [0.2, 0.25) is 0 Å². The molecule has 0 spiro atoms. The van der Waals surface area contributed by atoms with E-state index >= 15 is 0 Å². The summed E-state index contributed by atoms with van der Waals surface area (Å²) in [5.74, 6) is -0.441. The molecule has 0 radical (unpaired) electrons. The van der Waals surface area contributed by atoms with Crippen molar-refractivity contribution in [1.82, 2.24) is 9.55 Å². The molecule has 8 heteroatoms. The van der Waals surface area contributed by atoms with Crippen LogP contribution in [0.4, 0.5) is 22.0 Å². The van der Waals surface area contributed by atoms with E-state index in [4.69, 9.17) is 0 Å². The highest BCUT2D eigenvalue weighted by atomic mass is 127. The molecule has 0 fully saturated rings. The van der Waals surface area contributed by atoms with E-state index in [0.717, 1.165) is 40.2 Å². The molecule has 0 aliphatic rings. The van der Waals surface area contributed by atoms with Gasteiger partial charge in [0, 0.05) is 19.4 Å². The first-order valence-electron chi connectivity index (χ1n) is 7.71. The number of nitrogens with zero attached hydrogens (tertiary/aromatic N) is 2. The molecule has 3 aromatic rings. The van der Waals surface area contributed by atoms with Gasteiger partial charge in [0.15, 0.2) is 0 Å². The van der Waals surface area contributed by atoms with E-state index in [9.17, 15) is 22.0 Å². The topological polar surface area (TPSA) is 17.8 Å². The van der Waals surface area contributed by atoms with Gasteiger partial charge < -0.3 is 4.57 Å². The van der Waals surface area contributed by atoms with Crippen LogP contribution in [-0.2, 0) is 13.2 Å². The summed E-state index contributed by atoms with van der Waals surface area (Å²) >= 11 is 1.04. The maximum absolute atomic E-state index is 13.8. The molecular weight excluding hydrogens is 466 g/mol. The van der Waals surface area contributed by atoms with Crippen molar-refractivity contribution < 1.29 is 22.0 Å². The number of rotatable bonds is 4. The fourth-order valence-electron chi connectivity index (χ4n) is 2.97. The third-order valence-corrected chi connectivity index (χ3v) is 4.65. The lowest BCUT2D eigenvalue weighted by Gasteiger charge is -2.21. The Bertz CT molecular complexity index is 910. The standard InChI is InChI=1S/C18H14F5IN2/c1-26-15-5-3-2-4-14(15)25-16(26)13(10-17(19,20)24)11-6-8-12(9-7-11)18(21,22)23/h2-9,13H,10H2,1H3. The fourth-order valence-corrected chi connectivity index (χ4v) is 3.41. The smallest absolute Gasteiger partial charge is 0.331 e. The highest BCUT2D eigenvalue weighted by molar-refractivity contribution is 14.1. The first-order chi connectivity index (χ1) is 12.1. The number of imidazole rings is 1. The number of aryl methyl sites for hydroxylation is 1. The second-order valence-corrected chi connectivity index (χ2v) is 7.59. The lowest BCUT2D eigenvalue weighted by molar-refractivity contribution is -0.137. The molecule has 0 bridgehead atoms. The summed E-state index contributed by atoms with van der Waals surface area (Å²) < 4.78 is 64.6. The SMILES string of the molecule is Cn1c(C(CC(F)(F)I)c2ccc(C(F)(F)F)cc2)nc2ccccc21. The zero-order chi connectivity index (χ0) is 19.1. The lowest BCUT2D eigenvalue weighted by Crippen LogP contribution is -2.17. The molecule has 3 rings (SSSR count). The van der Waals surface area contributed by atoms with Crippen LogP contribution in [0, 0.1) is 0 Å². The molecule has 1 aromatic heterocycles. The zero-order valence-electron chi connectivity index (χ0n) is 13.6. The Morgan fingerprint density at radius 3 is 2.15 bits per heavy atom. The van der Waals surface area contributed by atoms with Crippen LogP contribution in [0.3, 0.4) is 0 Å². The van der Waals surface area contributed by atoms with Crippen molar-refractivity contribution in [1.29, 1.82) is 0 Å². The van der Waals surface area contributed by atoms with Crippen LogP contribution in [0.15, 0.2) is 48.5 Å². The van der Waals surface area contributed by atoms with Gasteiger partial charge in [-0.2, -0.15) is 22.0 Å². The normalized spacial score (nSPS) is 14.0. The Morgan fingerprint density at radius 1 is 1.00 bits per heavy atom. The van der Waals surface area contributed by atoms with E-state index in [1.165, 1.54) is 12.1 Å². The van der Waals surface area contributed by atoms with Crippen LogP contribution < -0.4 is 0 Å². The van der Waals surface area contributed by atoms with E-state index in [1.807, 2.05) is 12.1 Å². The number of para-hydroxylation sites is 2. The van der Waals surface area contributed by atoms with E-state index in [1.54, 1.807) is 23.7 Å². The van der Waals surface area contributed by atoms with Crippen molar-refractivity contribution in [3.05, 3.63) is 65.5 Å². The monoisotopic (exact) mass is 480 g/mol. The van der Waals surface area contributed by atoms with Gasteiger partial charge in [0.05, 0.1) is 16.6 Å². The number of alkyl halides is 6. The van der Waals surface area contributed by atoms with E-state index < -0.39 is 28.0 Å². The first kappa shape index (κ1) is 19.1. The summed E-state index contributed by atoms with van der Waals surface area (Å²) in [5.41, 5.74) is 0.980. The maximum Gasteiger partial charge on any atom is 0.416 e. The average Bonchev–Trinajstić information content (AvgIpc) is 2.88. The van der Waals surface area contributed by atoms with Gasteiger partial charge in [-0.1, -0.05) is 24.3 Å². The van der Waals surface area contributed by atoms with Gasteiger partial charge in [-0.25, -0.2) is 4.98 Å². The van der Waals surface area contributed by atoms with E-state index in [2.05, 4.69) is 4.98 Å². The molecule has 0 saturated heterocycles. The zero-order valence-corrected chi connectivity index (χ0v) is 15.7. The van der Waals surface area contributed by atoms with Gasteiger partial charge in [0.1, 0.15) is 5.82 Å². The summed E-state index contributed by atoms with van der Waals surface area (Å²) in [6, 6.07) is 11.5. The Morgan fingerprint density at radius 2 is 1.62 bits per heavy atom. The largest absolute Gasteiger partial charge is 0.416 e. The molecular formula is C18H14F5IN2. The molecule has 1 unspecified atom stereocenters. The van der Waals surface area contributed by atoms with Crippen molar-refractivity contribution in [2.75, 3.05) is 0 Å². The Labute approximate surface area is 160 Å². The minimum Gasteiger partial charge on any atom is -0.331 e. The quantitative estimate of drug-likeness (QED) is 0.249. The van der Waals surface area contributed by atoms with Gasteiger partial charge >= 0.3 is 6.18 Å². The predicted octanol–water partition coefficient (Wildman–Crippen LogP) is 6.14. The Kier molecular flexibility index (Phi) is 4.98. The summed E-state index contributed by atoms with van der Waals surface area (Å²) in [5, 5.41) is 0. The molecule has 2 aromatic carbocycles. The second kappa shape index (κ2) is 6.79. The average molecular weight is 480 g/mol. The van der Waals surface area contributed by atoms with Crippen LogP contribution in [-0.4, -0.2) is 13.5 Å². The predicted molar refractivity (Wildman–Crippen MR) is 97.6 cm³/mol. The van der Waals surface area contributed by atoms with Gasteiger partial charge in [0.25, 0.3) is 3.93 Å². The molecule has 0 aliphatic heterocycles. The second-order valence-electron chi connectivity index (χ2n) is 6.01. The summed E-state index contributed by atoms with van der Waals surface area (Å²) in [4.78, 5) is 4.45. The molecule has 26 heavy (non-hydrogen) atoms. The van der Waals surface area contributed by atoms with Crippen molar-refractivity contribution in [3.63, 3.8) is 0 Å². The third-order valence-electron chi connectivity index (χ3n) is 4.21. The van der Waals surface area contributed by atoms with Gasteiger partial charge in [-0.05, 0) is 52.4 Å².